The van der Waals surface area contributed by atoms with Crippen molar-refractivity contribution in [2.75, 3.05) is 12.4 Å². The van der Waals surface area contributed by atoms with Gasteiger partial charge in [0.2, 0.25) is 0 Å². The Kier molecular flexibility index (Phi) is 6.03. The Bertz CT molecular complexity index is 941. The summed E-state index contributed by atoms with van der Waals surface area (Å²) >= 11 is 1.13. The van der Waals surface area contributed by atoms with Gasteiger partial charge >= 0.3 is 11.2 Å². The van der Waals surface area contributed by atoms with Crippen LogP contribution in [0.4, 0.5) is 11.4 Å². The van der Waals surface area contributed by atoms with Crippen molar-refractivity contribution < 1.29 is 20.1 Å². The van der Waals surface area contributed by atoms with Gasteiger partial charge in [-0.1, -0.05) is 12.1 Å². The van der Waals surface area contributed by atoms with E-state index in [-0.39, 0.29) is 18.1 Å². The van der Waals surface area contributed by atoms with Crippen LogP contribution in [0.2, 0.25) is 0 Å². The van der Waals surface area contributed by atoms with E-state index >= 15 is 0 Å². The molecule has 0 spiro atoms. The van der Waals surface area contributed by atoms with Gasteiger partial charge in [-0.3, -0.25) is 25.0 Å². The fraction of sp³-hybridized carbons (Fsp3) is 0.143. The van der Waals surface area contributed by atoms with E-state index in [2.05, 4.69) is 9.97 Å². The number of aromatic hydroxyl groups is 1. The highest BCUT2D eigenvalue weighted by Gasteiger charge is 2.21. The van der Waals surface area contributed by atoms with Crippen LogP contribution in [0.3, 0.4) is 0 Å². The molecule has 0 radical (unpaired) electrons. The molecule has 0 saturated carbocycles. The third-order valence-corrected chi connectivity index (χ3v) is 4.08. The lowest BCUT2D eigenvalue weighted by molar-refractivity contribution is -0.387. The SMILES string of the molecule is O=c1[nH]c(/C=C/c2ccc(SCCO)c([N+](=O)[O-])c2)nc(O)c1[N+](=O)[O-]. The number of nitro groups is 2. The van der Waals surface area contributed by atoms with Gasteiger partial charge in [-0.15, -0.1) is 11.8 Å². The lowest BCUT2D eigenvalue weighted by Crippen LogP contribution is -2.14. The number of thioether (sulfide) groups is 1. The Balaban J connectivity index is 2.33. The highest BCUT2D eigenvalue weighted by Crippen LogP contribution is 2.30. The number of nitro benzene ring substituents is 1. The van der Waals surface area contributed by atoms with Crippen LogP contribution in [-0.4, -0.2) is 42.4 Å². The van der Waals surface area contributed by atoms with E-state index < -0.39 is 27.0 Å². The van der Waals surface area contributed by atoms with Crippen molar-refractivity contribution in [3.8, 4) is 5.88 Å². The first-order chi connectivity index (χ1) is 12.3. The predicted molar refractivity (Wildman–Crippen MR) is 93.0 cm³/mol. The molecule has 2 rings (SSSR count). The number of nitrogens with zero attached hydrogens (tertiary/aromatic N) is 3. The van der Waals surface area contributed by atoms with Gasteiger partial charge < -0.3 is 15.2 Å². The molecule has 1 heterocycles. The van der Waals surface area contributed by atoms with Gasteiger partial charge in [0, 0.05) is 11.8 Å². The Hall–Kier alpha value is -3.25. The molecule has 0 saturated heterocycles. The Morgan fingerprint density at radius 3 is 2.54 bits per heavy atom. The number of aromatic amines is 1. The van der Waals surface area contributed by atoms with Gasteiger partial charge in [-0.2, -0.15) is 4.98 Å². The van der Waals surface area contributed by atoms with Crippen LogP contribution in [0.15, 0.2) is 27.9 Å². The minimum Gasteiger partial charge on any atom is -0.488 e. The van der Waals surface area contributed by atoms with Gasteiger partial charge in [-0.05, 0) is 17.7 Å². The molecule has 1 aromatic carbocycles. The summed E-state index contributed by atoms with van der Waals surface area (Å²) in [5.41, 5.74) is -1.93. The van der Waals surface area contributed by atoms with Gasteiger partial charge in [0.25, 0.3) is 11.6 Å². The molecule has 136 valence electrons. The van der Waals surface area contributed by atoms with Crippen LogP contribution in [0.5, 0.6) is 5.88 Å². The largest absolute Gasteiger partial charge is 0.488 e. The second-order valence-electron chi connectivity index (χ2n) is 4.77. The van der Waals surface area contributed by atoms with Gasteiger partial charge in [-0.25, -0.2) is 0 Å². The minimum atomic E-state index is -1.12. The quantitative estimate of drug-likeness (QED) is 0.366. The number of benzene rings is 1. The van der Waals surface area contributed by atoms with E-state index in [0.29, 0.717) is 16.2 Å². The van der Waals surface area contributed by atoms with E-state index in [0.717, 1.165) is 11.8 Å². The van der Waals surface area contributed by atoms with Crippen molar-refractivity contribution in [3.63, 3.8) is 0 Å². The minimum absolute atomic E-state index is 0.119. The summed E-state index contributed by atoms with van der Waals surface area (Å²) in [4.78, 5) is 37.7. The normalized spacial score (nSPS) is 11.0. The fourth-order valence-electron chi connectivity index (χ4n) is 1.95. The van der Waals surface area contributed by atoms with Crippen molar-refractivity contribution in [1.82, 2.24) is 9.97 Å². The molecule has 0 amide bonds. The molecule has 26 heavy (non-hydrogen) atoms. The van der Waals surface area contributed by atoms with Crippen molar-refractivity contribution in [2.45, 2.75) is 4.90 Å². The van der Waals surface area contributed by atoms with Crippen LogP contribution in [0.25, 0.3) is 12.2 Å². The zero-order valence-corrected chi connectivity index (χ0v) is 13.8. The van der Waals surface area contributed by atoms with Crippen LogP contribution in [-0.2, 0) is 0 Å². The number of hydrogen-bond acceptors (Lipinski definition) is 9. The van der Waals surface area contributed by atoms with Crippen molar-refractivity contribution >= 4 is 35.3 Å². The molecule has 0 aliphatic rings. The molecule has 0 fully saturated rings. The Morgan fingerprint density at radius 1 is 1.23 bits per heavy atom. The first-order valence-electron chi connectivity index (χ1n) is 7.01. The number of aromatic nitrogens is 2. The van der Waals surface area contributed by atoms with Gasteiger partial charge in [0.1, 0.15) is 5.82 Å². The molecule has 0 unspecified atom stereocenters. The third kappa shape index (κ3) is 4.43. The zero-order valence-electron chi connectivity index (χ0n) is 13.0. The molecule has 1 aromatic heterocycles. The second-order valence-corrected chi connectivity index (χ2v) is 5.91. The second kappa shape index (κ2) is 8.22. The third-order valence-electron chi connectivity index (χ3n) is 3.04. The van der Waals surface area contributed by atoms with E-state index in [1.807, 2.05) is 0 Å². The molecular formula is C14H12N4O7S. The molecule has 11 nitrogen and oxygen atoms in total. The van der Waals surface area contributed by atoms with Crippen LogP contribution in [0.1, 0.15) is 11.4 Å². The standard InChI is InChI=1S/C14H12N4O7S/c19-5-6-26-10-3-1-8(7-9(10)17(22)23)2-4-11-15-13(20)12(18(24)25)14(21)16-11/h1-4,7,19H,5-6H2,(H2,15,16,20,21)/b4-2+. The van der Waals surface area contributed by atoms with E-state index in [4.69, 9.17) is 5.11 Å². The first kappa shape index (κ1) is 19.1. The lowest BCUT2D eigenvalue weighted by atomic mass is 10.2. The molecule has 0 aliphatic heterocycles. The average molecular weight is 380 g/mol. The molecule has 0 bridgehead atoms. The maximum atomic E-state index is 11.6. The monoisotopic (exact) mass is 380 g/mol. The predicted octanol–water partition coefficient (Wildman–Crippen LogP) is 1.55. The van der Waals surface area contributed by atoms with E-state index in [9.17, 15) is 30.1 Å². The number of aliphatic hydroxyl groups is 1. The number of aliphatic hydroxyl groups excluding tert-OH is 1. The lowest BCUT2D eigenvalue weighted by Gasteiger charge is -2.03. The maximum absolute atomic E-state index is 11.6. The Morgan fingerprint density at radius 2 is 1.96 bits per heavy atom. The fourth-order valence-corrected chi connectivity index (χ4v) is 2.71. The summed E-state index contributed by atoms with van der Waals surface area (Å²) in [5.74, 6) is -0.872. The maximum Gasteiger partial charge on any atom is 0.395 e. The van der Waals surface area contributed by atoms with Gasteiger partial charge in [0.05, 0.1) is 21.3 Å². The average Bonchev–Trinajstić information content (AvgIpc) is 2.57. The van der Waals surface area contributed by atoms with E-state index in [1.165, 1.54) is 24.3 Å². The summed E-state index contributed by atoms with van der Waals surface area (Å²) < 4.78 is 0. The molecular weight excluding hydrogens is 368 g/mol. The molecule has 2 aromatic rings. The highest BCUT2D eigenvalue weighted by atomic mass is 32.2. The van der Waals surface area contributed by atoms with Crippen molar-refractivity contribution in [1.29, 1.82) is 0 Å². The zero-order chi connectivity index (χ0) is 19.3. The number of rotatable bonds is 7. The number of H-pyrrole nitrogens is 1. The van der Waals surface area contributed by atoms with Crippen LogP contribution < -0.4 is 5.56 Å². The summed E-state index contributed by atoms with van der Waals surface area (Å²) in [6.45, 7) is -0.119. The summed E-state index contributed by atoms with van der Waals surface area (Å²) in [6.07, 6.45) is 2.63. The number of hydrogen-bond donors (Lipinski definition) is 3. The van der Waals surface area contributed by atoms with Gasteiger partial charge in [0.15, 0.2) is 0 Å². The van der Waals surface area contributed by atoms with E-state index in [1.54, 1.807) is 6.07 Å². The van der Waals surface area contributed by atoms with Crippen molar-refractivity contribution in [3.05, 3.63) is 60.2 Å². The smallest absolute Gasteiger partial charge is 0.395 e. The topological polar surface area (TPSA) is 172 Å². The van der Waals surface area contributed by atoms with Crippen LogP contribution in [0, 0.1) is 20.2 Å². The highest BCUT2D eigenvalue weighted by molar-refractivity contribution is 7.99. The van der Waals surface area contributed by atoms with Crippen molar-refractivity contribution in [2.24, 2.45) is 0 Å². The molecule has 3 N–H and O–H groups in total. The molecule has 0 atom stereocenters. The number of nitrogens with one attached hydrogen (secondary N) is 1. The molecule has 0 aliphatic carbocycles. The molecule has 12 heteroatoms. The summed E-state index contributed by atoms with van der Waals surface area (Å²) in [5, 5.41) is 40.1. The first-order valence-corrected chi connectivity index (χ1v) is 8.00. The van der Waals surface area contributed by atoms with Crippen LogP contribution >= 0.6 is 11.8 Å². The summed E-state index contributed by atoms with van der Waals surface area (Å²) in [6, 6.07) is 4.38. The Labute approximate surface area is 149 Å². The summed E-state index contributed by atoms with van der Waals surface area (Å²) in [7, 11) is 0.